The largest absolute Gasteiger partial charge is 0.494 e. The molecule has 0 bridgehead atoms. The molecule has 0 aliphatic heterocycles. The van der Waals surface area contributed by atoms with E-state index in [0.29, 0.717) is 18.0 Å². The maximum absolute atomic E-state index is 12.7. The van der Waals surface area contributed by atoms with Crippen LogP contribution >= 0.6 is 11.6 Å². The number of hydrogen-bond acceptors (Lipinski definition) is 5. The Kier molecular flexibility index (Phi) is 8.03. The van der Waals surface area contributed by atoms with Gasteiger partial charge < -0.3 is 14.8 Å². The Labute approximate surface area is 188 Å². The molecule has 2 aromatic rings. The zero-order valence-corrected chi connectivity index (χ0v) is 19.0. The molecule has 0 radical (unpaired) electrons. The number of anilines is 1. The van der Waals surface area contributed by atoms with Crippen LogP contribution in [0, 0.1) is 0 Å². The van der Waals surface area contributed by atoms with Crippen molar-refractivity contribution < 1.29 is 22.7 Å². The molecule has 9 heteroatoms. The fourth-order valence-electron chi connectivity index (χ4n) is 3.43. The number of nitrogens with one attached hydrogen (secondary N) is 2. The third-order valence-electron chi connectivity index (χ3n) is 4.96. The maximum atomic E-state index is 12.7. The van der Waals surface area contributed by atoms with Crippen LogP contribution in [0.5, 0.6) is 11.5 Å². The lowest BCUT2D eigenvalue weighted by molar-refractivity contribution is -0.124. The average Bonchev–Trinajstić information content (AvgIpc) is 2.75. The van der Waals surface area contributed by atoms with Crippen molar-refractivity contribution in [3.8, 4) is 11.5 Å². The van der Waals surface area contributed by atoms with Crippen molar-refractivity contribution in [2.24, 2.45) is 0 Å². The summed E-state index contributed by atoms with van der Waals surface area (Å²) in [6, 6.07) is 10.9. The van der Waals surface area contributed by atoms with E-state index in [2.05, 4.69) is 10.0 Å². The van der Waals surface area contributed by atoms with E-state index in [1.54, 1.807) is 24.3 Å². The highest BCUT2D eigenvalue weighted by atomic mass is 35.5. The maximum Gasteiger partial charge on any atom is 0.261 e. The predicted octanol–water partition coefficient (Wildman–Crippen LogP) is 4.37. The molecular weight excluding hydrogens is 440 g/mol. The molecule has 0 aromatic heterocycles. The standard InChI is InChI=1S/C22H27ClN2O5S/c1-2-29-18-10-8-17(9-11-18)25-31(27,28)19-12-13-21(20(23)14-19)30-15-22(26)24-16-6-4-3-5-7-16/h8-14,16,25H,2-7,15H2,1H3,(H,24,26). The first-order valence-electron chi connectivity index (χ1n) is 10.3. The number of carbonyl (C=O) groups excluding carboxylic acids is 1. The molecule has 2 N–H and O–H groups in total. The van der Waals surface area contributed by atoms with Gasteiger partial charge in [0.05, 0.1) is 16.5 Å². The topological polar surface area (TPSA) is 93.7 Å². The molecule has 7 nitrogen and oxygen atoms in total. The molecule has 1 amide bonds. The Morgan fingerprint density at radius 1 is 1.06 bits per heavy atom. The van der Waals surface area contributed by atoms with Crippen LogP contribution in [0.4, 0.5) is 5.69 Å². The van der Waals surface area contributed by atoms with Gasteiger partial charge in [-0.2, -0.15) is 0 Å². The number of benzene rings is 2. The van der Waals surface area contributed by atoms with Gasteiger partial charge in [0.2, 0.25) is 0 Å². The summed E-state index contributed by atoms with van der Waals surface area (Å²) < 4.78 is 38.7. The highest BCUT2D eigenvalue weighted by Crippen LogP contribution is 2.28. The fraction of sp³-hybridized carbons (Fsp3) is 0.409. The number of hydrogen-bond donors (Lipinski definition) is 2. The van der Waals surface area contributed by atoms with Crippen LogP contribution < -0.4 is 19.5 Å². The molecule has 0 saturated heterocycles. The second-order valence-electron chi connectivity index (χ2n) is 7.35. The van der Waals surface area contributed by atoms with Crippen LogP contribution in [0.1, 0.15) is 39.0 Å². The van der Waals surface area contributed by atoms with Crippen LogP contribution in [0.25, 0.3) is 0 Å². The van der Waals surface area contributed by atoms with Crippen molar-refractivity contribution in [2.45, 2.75) is 50.0 Å². The van der Waals surface area contributed by atoms with Crippen molar-refractivity contribution in [1.82, 2.24) is 5.32 Å². The van der Waals surface area contributed by atoms with Crippen LogP contribution in [0.15, 0.2) is 47.4 Å². The van der Waals surface area contributed by atoms with Gasteiger partial charge in [-0.1, -0.05) is 30.9 Å². The second kappa shape index (κ2) is 10.7. The minimum atomic E-state index is -3.84. The molecule has 3 rings (SSSR count). The number of sulfonamides is 1. The Bertz CT molecular complexity index is 989. The van der Waals surface area contributed by atoms with Gasteiger partial charge in [-0.3, -0.25) is 9.52 Å². The van der Waals surface area contributed by atoms with Crippen LogP contribution in [0.2, 0.25) is 5.02 Å². The summed E-state index contributed by atoms with van der Waals surface area (Å²) in [5.74, 6) is 0.694. The molecule has 0 atom stereocenters. The van der Waals surface area contributed by atoms with Gasteiger partial charge in [-0.05, 0) is 62.2 Å². The molecule has 1 aliphatic carbocycles. The first-order chi connectivity index (χ1) is 14.9. The van der Waals surface area contributed by atoms with E-state index < -0.39 is 10.0 Å². The Balaban J connectivity index is 1.58. The summed E-state index contributed by atoms with van der Waals surface area (Å²) >= 11 is 6.20. The molecule has 1 saturated carbocycles. The highest BCUT2D eigenvalue weighted by Gasteiger charge is 2.18. The molecule has 0 unspecified atom stereocenters. The van der Waals surface area contributed by atoms with Gasteiger partial charge in [0, 0.05) is 11.7 Å². The van der Waals surface area contributed by atoms with E-state index in [4.69, 9.17) is 21.1 Å². The number of halogens is 1. The molecule has 0 heterocycles. The number of amides is 1. The number of rotatable bonds is 9. The SMILES string of the molecule is CCOc1ccc(NS(=O)(=O)c2ccc(OCC(=O)NC3CCCCC3)c(Cl)c2)cc1. The summed E-state index contributed by atoms with van der Waals surface area (Å²) in [5, 5.41) is 3.07. The lowest BCUT2D eigenvalue weighted by Crippen LogP contribution is -2.39. The van der Waals surface area contributed by atoms with Crippen LogP contribution in [-0.4, -0.2) is 33.6 Å². The zero-order valence-electron chi connectivity index (χ0n) is 17.4. The lowest BCUT2D eigenvalue weighted by atomic mass is 9.95. The molecule has 2 aromatic carbocycles. The second-order valence-corrected chi connectivity index (χ2v) is 9.44. The molecule has 1 aliphatic rings. The van der Waals surface area contributed by atoms with Crippen molar-refractivity contribution in [3.63, 3.8) is 0 Å². The molecule has 31 heavy (non-hydrogen) atoms. The Morgan fingerprint density at radius 3 is 2.42 bits per heavy atom. The van der Waals surface area contributed by atoms with Gasteiger partial charge >= 0.3 is 0 Å². The molecule has 168 valence electrons. The van der Waals surface area contributed by atoms with Crippen LogP contribution in [0.3, 0.4) is 0 Å². The van der Waals surface area contributed by atoms with Gasteiger partial charge in [0.25, 0.3) is 15.9 Å². The minimum absolute atomic E-state index is 0.00890. The summed E-state index contributed by atoms with van der Waals surface area (Å²) in [7, 11) is -3.84. The van der Waals surface area contributed by atoms with Crippen LogP contribution in [-0.2, 0) is 14.8 Å². The van der Waals surface area contributed by atoms with E-state index in [1.165, 1.54) is 24.6 Å². The van der Waals surface area contributed by atoms with Crippen molar-refractivity contribution in [2.75, 3.05) is 17.9 Å². The van der Waals surface area contributed by atoms with E-state index in [1.807, 2.05) is 6.92 Å². The summed E-state index contributed by atoms with van der Waals surface area (Å²) in [6.07, 6.45) is 5.43. The summed E-state index contributed by atoms with van der Waals surface area (Å²) in [4.78, 5) is 12.1. The van der Waals surface area contributed by atoms with Gasteiger partial charge in [0.15, 0.2) is 6.61 Å². The first kappa shape index (κ1) is 23.2. The van der Waals surface area contributed by atoms with Gasteiger partial charge in [-0.25, -0.2) is 8.42 Å². The van der Waals surface area contributed by atoms with Crippen molar-refractivity contribution in [1.29, 1.82) is 0 Å². The quantitative estimate of drug-likeness (QED) is 0.572. The highest BCUT2D eigenvalue weighted by molar-refractivity contribution is 7.92. The Hall–Kier alpha value is -2.45. The zero-order chi connectivity index (χ0) is 22.3. The molecule has 1 fully saturated rings. The number of carbonyl (C=O) groups is 1. The minimum Gasteiger partial charge on any atom is -0.494 e. The van der Waals surface area contributed by atoms with Gasteiger partial charge in [0.1, 0.15) is 11.5 Å². The smallest absolute Gasteiger partial charge is 0.261 e. The average molecular weight is 467 g/mol. The van der Waals surface area contributed by atoms with Crippen molar-refractivity contribution in [3.05, 3.63) is 47.5 Å². The third-order valence-corrected chi connectivity index (χ3v) is 6.63. The summed E-state index contributed by atoms with van der Waals surface area (Å²) in [5.41, 5.74) is 0.402. The lowest BCUT2D eigenvalue weighted by Gasteiger charge is -2.22. The monoisotopic (exact) mass is 466 g/mol. The Morgan fingerprint density at radius 2 is 1.77 bits per heavy atom. The predicted molar refractivity (Wildman–Crippen MR) is 120 cm³/mol. The van der Waals surface area contributed by atoms with Crippen molar-refractivity contribution >= 4 is 33.2 Å². The fourth-order valence-corrected chi connectivity index (χ4v) is 4.81. The van der Waals surface area contributed by atoms with E-state index >= 15 is 0 Å². The molecule has 0 spiro atoms. The molecular formula is C22H27ClN2O5S. The third kappa shape index (κ3) is 6.77. The van der Waals surface area contributed by atoms with Gasteiger partial charge in [-0.15, -0.1) is 0 Å². The van der Waals surface area contributed by atoms with E-state index in [-0.39, 0.29) is 34.2 Å². The number of ether oxygens (including phenoxy) is 2. The summed E-state index contributed by atoms with van der Waals surface area (Å²) in [6.45, 7) is 2.23. The first-order valence-corrected chi connectivity index (χ1v) is 12.2. The van der Waals surface area contributed by atoms with E-state index in [0.717, 1.165) is 25.7 Å². The normalized spacial score (nSPS) is 14.6. The van der Waals surface area contributed by atoms with E-state index in [9.17, 15) is 13.2 Å².